The molecular weight excluding hydrogens is 142 g/mol. The highest BCUT2D eigenvalue weighted by molar-refractivity contribution is 6.33. The van der Waals surface area contributed by atoms with E-state index in [1.807, 2.05) is 7.85 Å². The second-order valence-corrected chi connectivity index (χ2v) is 2.68. The second kappa shape index (κ2) is 3.05. The van der Waals surface area contributed by atoms with Gasteiger partial charge in [-0.15, -0.1) is 0 Å². The van der Waals surface area contributed by atoms with Gasteiger partial charge in [-0.25, -0.2) is 4.39 Å². The fraction of sp³-hybridized carbons (Fsp3) is 0.250. The van der Waals surface area contributed by atoms with Gasteiger partial charge in [0.2, 0.25) is 0 Å². The van der Waals surface area contributed by atoms with Gasteiger partial charge in [-0.3, -0.25) is 0 Å². The molecule has 1 aromatic rings. The normalized spacial score (nSPS) is 13.0. The van der Waals surface area contributed by atoms with Gasteiger partial charge in [-0.05, 0) is 24.6 Å². The average molecular weight is 152 g/mol. The van der Waals surface area contributed by atoms with E-state index in [0.29, 0.717) is 5.56 Å². The molecule has 11 heavy (non-hydrogen) atoms. The van der Waals surface area contributed by atoms with Crippen LogP contribution in [-0.2, 0) is 0 Å². The highest BCUT2D eigenvalue weighted by Crippen LogP contribution is 2.09. The summed E-state index contributed by atoms with van der Waals surface area (Å²) in [5.41, 5.74) is 1.58. The molecule has 1 unspecified atom stereocenters. The van der Waals surface area contributed by atoms with Gasteiger partial charge in [0.05, 0.1) is 6.10 Å². The fourth-order valence-electron chi connectivity index (χ4n) is 1.06. The zero-order valence-corrected chi connectivity index (χ0v) is 6.63. The Morgan fingerprint density at radius 3 is 2.64 bits per heavy atom. The molecule has 0 bridgehead atoms. The van der Waals surface area contributed by atoms with E-state index < -0.39 is 6.10 Å². The molecule has 0 amide bonds. The predicted molar refractivity (Wildman–Crippen MR) is 45.2 cm³/mol. The van der Waals surface area contributed by atoms with Gasteiger partial charge in [0.25, 0.3) is 0 Å². The molecule has 58 valence electrons. The average Bonchev–Trinajstić information content (AvgIpc) is 1.94. The van der Waals surface area contributed by atoms with Gasteiger partial charge < -0.3 is 5.11 Å². The molecule has 0 saturated carbocycles. The maximum atomic E-state index is 12.6. The first kappa shape index (κ1) is 8.27. The Labute approximate surface area is 66.3 Å². The number of hydrogen-bond donors (Lipinski definition) is 1. The third kappa shape index (κ3) is 1.81. The molecule has 0 aliphatic heterocycles. The van der Waals surface area contributed by atoms with E-state index in [1.54, 1.807) is 13.0 Å². The van der Waals surface area contributed by atoms with Crippen LogP contribution in [0.5, 0.6) is 0 Å². The van der Waals surface area contributed by atoms with Crippen LogP contribution in [0.1, 0.15) is 18.6 Å². The Bertz CT molecular complexity index is 260. The van der Waals surface area contributed by atoms with Gasteiger partial charge in [-0.2, -0.15) is 0 Å². The lowest BCUT2D eigenvalue weighted by atomic mass is 9.88. The maximum absolute atomic E-state index is 12.6. The van der Waals surface area contributed by atoms with Crippen molar-refractivity contribution in [1.82, 2.24) is 0 Å². The van der Waals surface area contributed by atoms with Gasteiger partial charge in [-0.1, -0.05) is 11.5 Å². The van der Waals surface area contributed by atoms with E-state index >= 15 is 0 Å². The summed E-state index contributed by atoms with van der Waals surface area (Å²) < 4.78 is 12.6. The lowest BCUT2D eigenvalue weighted by Crippen LogP contribution is -2.12. The molecule has 1 N–H and O–H groups in total. The van der Waals surface area contributed by atoms with E-state index in [9.17, 15) is 4.39 Å². The van der Waals surface area contributed by atoms with Gasteiger partial charge in [0.1, 0.15) is 13.7 Å². The van der Waals surface area contributed by atoms with Crippen LogP contribution in [0.25, 0.3) is 0 Å². The quantitative estimate of drug-likeness (QED) is 0.567. The molecular formula is C8H10BFO. The van der Waals surface area contributed by atoms with Gasteiger partial charge in [0, 0.05) is 0 Å². The molecule has 0 heterocycles. The molecule has 0 fully saturated rings. The van der Waals surface area contributed by atoms with Crippen molar-refractivity contribution in [3.8, 4) is 0 Å². The molecule has 1 atom stereocenters. The summed E-state index contributed by atoms with van der Waals surface area (Å²) in [5, 5.41) is 9.16. The Balaban J connectivity index is 3.13. The van der Waals surface area contributed by atoms with Crippen LogP contribution in [0, 0.1) is 5.82 Å². The second-order valence-electron chi connectivity index (χ2n) is 2.68. The van der Waals surface area contributed by atoms with Crippen molar-refractivity contribution in [1.29, 1.82) is 0 Å². The fourth-order valence-corrected chi connectivity index (χ4v) is 1.06. The van der Waals surface area contributed by atoms with E-state index in [0.717, 1.165) is 5.46 Å². The zero-order valence-electron chi connectivity index (χ0n) is 6.63. The SMILES string of the molecule is Bc1ccc(F)cc1C(C)O. The minimum atomic E-state index is -0.592. The molecule has 0 saturated heterocycles. The van der Waals surface area contributed by atoms with Crippen LogP contribution >= 0.6 is 0 Å². The van der Waals surface area contributed by atoms with Crippen molar-refractivity contribution in [2.45, 2.75) is 13.0 Å². The zero-order chi connectivity index (χ0) is 8.43. The van der Waals surface area contributed by atoms with E-state index in [-0.39, 0.29) is 5.82 Å². The summed E-state index contributed by atoms with van der Waals surface area (Å²) in [4.78, 5) is 0. The highest BCUT2D eigenvalue weighted by Gasteiger charge is 2.04. The van der Waals surface area contributed by atoms with Crippen LogP contribution in [0.4, 0.5) is 4.39 Å². The topological polar surface area (TPSA) is 20.2 Å². The number of aliphatic hydroxyl groups is 1. The van der Waals surface area contributed by atoms with Crippen LogP contribution in [0.15, 0.2) is 18.2 Å². The molecule has 0 aliphatic rings. The lowest BCUT2D eigenvalue weighted by molar-refractivity contribution is 0.200. The number of halogens is 1. The summed E-state index contributed by atoms with van der Waals surface area (Å²) in [6.45, 7) is 1.63. The van der Waals surface area contributed by atoms with Crippen molar-refractivity contribution in [3.05, 3.63) is 29.6 Å². The largest absolute Gasteiger partial charge is 0.389 e. The number of aliphatic hydroxyl groups excluding tert-OH is 1. The first-order valence-electron chi connectivity index (χ1n) is 3.55. The van der Waals surface area contributed by atoms with Gasteiger partial charge >= 0.3 is 0 Å². The molecule has 0 aliphatic carbocycles. The first-order chi connectivity index (χ1) is 5.11. The van der Waals surface area contributed by atoms with Crippen LogP contribution in [0.3, 0.4) is 0 Å². The molecule has 0 spiro atoms. The molecule has 0 aromatic heterocycles. The molecule has 3 heteroatoms. The minimum absolute atomic E-state index is 0.300. The summed E-state index contributed by atoms with van der Waals surface area (Å²) in [6, 6.07) is 4.42. The van der Waals surface area contributed by atoms with Crippen molar-refractivity contribution >= 4 is 13.3 Å². The Morgan fingerprint density at radius 1 is 1.55 bits per heavy atom. The standard InChI is InChI=1S/C8H10BFO/c1-5(11)7-4-6(10)2-3-8(7)9/h2-5,11H,9H2,1H3. The van der Waals surface area contributed by atoms with Crippen molar-refractivity contribution in [2.75, 3.05) is 0 Å². The maximum Gasteiger partial charge on any atom is 0.139 e. The predicted octanol–water partition coefficient (Wildman–Crippen LogP) is 0.137. The Kier molecular flexibility index (Phi) is 2.30. The van der Waals surface area contributed by atoms with Crippen molar-refractivity contribution in [2.24, 2.45) is 0 Å². The van der Waals surface area contributed by atoms with Crippen LogP contribution in [-0.4, -0.2) is 13.0 Å². The number of hydrogen-bond acceptors (Lipinski definition) is 1. The van der Waals surface area contributed by atoms with Crippen molar-refractivity contribution < 1.29 is 9.50 Å². The minimum Gasteiger partial charge on any atom is -0.389 e. The van der Waals surface area contributed by atoms with E-state index in [4.69, 9.17) is 5.11 Å². The Morgan fingerprint density at radius 2 is 2.18 bits per heavy atom. The molecule has 1 aromatic carbocycles. The van der Waals surface area contributed by atoms with E-state index in [1.165, 1.54) is 12.1 Å². The third-order valence-corrected chi connectivity index (χ3v) is 1.69. The van der Waals surface area contributed by atoms with Gasteiger partial charge in [0.15, 0.2) is 0 Å². The van der Waals surface area contributed by atoms with Crippen molar-refractivity contribution in [3.63, 3.8) is 0 Å². The monoisotopic (exact) mass is 152 g/mol. The lowest BCUT2D eigenvalue weighted by Gasteiger charge is -2.07. The first-order valence-corrected chi connectivity index (χ1v) is 3.55. The Hall–Kier alpha value is -0.825. The highest BCUT2D eigenvalue weighted by atomic mass is 19.1. The number of rotatable bonds is 1. The molecule has 0 radical (unpaired) electrons. The third-order valence-electron chi connectivity index (χ3n) is 1.69. The summed E-state index contributed by atoms with van der Waals surface area (Å²) in [7, 11) is 1.85. The van der Waals surface area contributed by atoms with E-state index in [2.05, 4.69) is 0 Å². The van der Waals surface area contributed by atoms with Crippen LogP contribution < -0.4 is 5.46 Å². The summed E-state index contributed by atoms with van der Waals surface area (Å²) in [5.74, 6) is -0.300. The summed E-state index contributed by atoms with van der Waals surface area (Å²) >= 11 is 0. The van der Waals surface area contributed by atoms with Crippen LogP contribution in [0.2, 0.25) is 0 Å². The summed E-state index contributed by atoms with van der Waals surface area (Å²) in [6.07, 6.45) is -0.592. The molecule has 1 nitrogen and oxygen atoms in total. The number of benzene rings is 1. The smallest absolute Gasteiger partial charge is 0.139 e. The molecule has 1 rings (SSSR count).